The number of hydrogen-bond acceptors (Lipinski definition) is 15. The average Bonchev–Trinajstić information content (AvgIpc) is 1.60. The first-order valence-corrected chi connectivity index (χ1v) is 49.3. The maximum atomic E-state index is 14.3. The van der Waals surface area contributed by atoms with Gasteiger partial charge in [-0.1, -0.05) is 251 Å². The zero-order valence-electron chi connectivity index (χ0n) is 78.7. The molecule has 2 aliphatic heterocycles. The predicted octanol–water partition coefficient (Wildman–Crippen LogP) is 21.5. The van der Waals surface area contributed by atoms with Crippen LogP contribution in [0.1, 0.15) is 148 Å². The minimum atomic E-state index is -4.25. The Balaban J connectivity index is 0.000000142. The van der Waals surface area contributed by atoms with Crippen molar-refractivity contribution in [2.75, 3.05) is 52.6 Å². The van der Waals surface area contributed by atoms with Crippen LogP contribution >= 0.6 is 11.3 Å². The number of benzene rings is 11. The van der Waals surface area contributed by atoms with Gasteiger partial charge in [-0.15, -0.1) is 11.3 Å². The molecular formula is C114H115N13O7S2. The summed E-state index contributed by atoms with van der Waals surface area (Å²) in [6.45, 7) is 29.6. The highest BCUT2D eigenvalue weighted by Gasteiger charge is 2.32. The summed E-state index contributed by atoms with van der Waals surface area (Å²) in [6.07, 6.45) is 2.51. The Morgan fingerprint density at radius 2 is 0.779 bits per heavy atom. The van der Waals surface area contributed by atoms with Gasteiger partial charge in [0.25, 0.3) is 21.8 Å². The SMILES string of the molecule is CCc1nc2c(C)cc(C)cc2n1Cc1ccc(-c2cc(CN3CCOCC3)sc2S(=O)(=O)NC(=O)C(c2ccccc2)c2ccccc2)cc1.CCc1nc2c(C)cc(C)nc2n1Cc1ccc(-c2cc(-c3ccccc3)ccc2CNC(=O)c2ccccc2)cc1.CCc1nc2c(C)cc(C)nc2n1Cc1ccc(-c2cc(CN3CCOCC3)ccc2CNC(=O)c2ccccc2)cc1. The van der Waals surface area contributed by atoms with Gasteiger partial charge in [0, 0.05) is 111 Å². The van der Waals surface area contributed by atoms with E-state index < -0.39 is 21.8 Å². The van der Waals surface area contributed by atoms with E-state index in [4.69, 9.17) is 34.4 Å². The van der Waals surface area contributed by atoms with Crippen LogP contribution in [0.2, 0.25) is 0 Å². The molecule has 0 saturated carbocycles. The maximum Gasteiger partial charge on any atom is 0.274 e. The van der Waals surface area contributed by atoms with E-state index in [1.807, 2.05) is 159 Å². The van der Waals surface area contributed by atoms with Gasteiger partial charge in [0.2, 0.25) is 5.91 Å². The number of nitrogens with one attached hydrogen (secondary N) is 3. The van der Waals surface area contributed by atoms with Crippen molar-refractivity contribution in [1.82, 2.24) is 63.8 Å². The number of aryl methyl sites for hydroxylation is 9. The highest BCUT2D eigenvalue weighted by molar-refractivity contribution is 7.92. The molecule has 19 rings (SSSR count). The van der Waals surface area contributed by atoms with Crippen molar-refractivity contribution >= 4 is 72.4 Å². The number of hydrogen-bond donors (Lipinski definition) is 3. The summed E-state index contributed by atoms with van der Waals surface area (Å²) in [4.78, 5) is 69.7. The van der Waals surface area contributed by atoms with Crippen LogP contribution in [-0.2, 0) is 89.4 Å². The van der Waals surface area contributed by atoms with Crippen LogP contribution in [0, 0.1) is 41.5 Å². The summed E-state index contributed by atoms with van der Waals surface area (Å²) >= 11 is 1.22. The van der Waals surface area contributed by atoms with Crippen molar-refractivity contribution in [3.8, 4) is 44.5 Å². The summed E-state index contributed by atoms with van der Waals surface area (Å²) in [5.74, 6) is 1.58. The van der Waals surface area contributed by atoms with Gasteiger partial charge in [-0.05, 0) is 208 Å². The summed E-state index contributed by atoms with van der Waals surface area (Å²) in [5, 5.41) is 6.23. The fourth-order valence-electron chi connectivity index (χ4n) is 18.4. The predicted molar refractivity (Wildman–Crippen MR) is 545 cm³/mol. The van der Waals surface area contributed by atoms with Crippen LogP contribution in [0.15, 0.2) is 295 Å². The Labute approximate surface area is 800 Å². The molecule has 0 unspecified atom stereocenters. The highest BCUT2D eigenvalue weighted by Crippen LogP contribution is 2.39. The Bertz CT molecular complexity index is 7160. The van der Waals surface area contributed by atoms with Gasteiger partial charge in [-0.3, -0.25) is 24.2 Å². The minimum absolute atomic E-state index is 0.0716. The van der Waals surface area contributed by atoms with Crippen molar-refractivity contribution in [3.05, 3.63) is 403 Å². The zero-order valence-corrected chi connectivity index (χ0v) is 80.3. The molecule has 690 valence electrons. The molecule has 0 radical (unpaired) electrons. The molecule has 6 aromatic heterocycles. The molecule has 20 nitrogen and oxygen atoms in total. The molecule has 136 heavy (non-hydrogen) atoms. The van der Waals surface area contributed by atoms with Crippen molar-refractivity contribution in [3.63, 3.8) is 0 Å². The lowest BCUT2D eigenvalue weighted by molar-refractivity contribution is -0.119. The third-order valence-electron chi connectivity index (χ3n) is 25.3. The molecule has 0 atom stereocenters. The largest absolute Gasteiger partial charge is 0.379 e. The van der Waals surface area contributed by atoms with Crippen molar-refractivity contribution in [1.29, 1.82) is 0 Å². The lowest BCUT2D eigenvalue weighted by Crippen LogP contribution is -2.35. The normalized spacial score (nSPS) is 13.0. The smallest absolute Gasteiger partial charge is 0.274 e. The van der Waals surface area contributed by atoms with E-state index in [9.17, 15) is 22.8 Å². The van der Waals surface area contributed by atoms with Gasteiger partial charge >= 0.3 is 0 Å². The fraction of sp³-hybridized carbons (Fsp3) is 0.246. The number of aromatic nitrogens is 8. The minimum Gasteiger partial charge on any atom is -0.379 e. The summed E-state index contributed by atoms with van der Waals surface area (Å²) in [5.41, 5.74) is 30.5. The van der Waals surface area contributed by atoms with Crippen LogP contribution in [0.5, 0.6) is 0 Å². The molecule has 0 spiro atoms. The summed E-state index contributed by atoms with van der Waals surface area (Å²) in [7, 11) is -4.25. The van der Waals surface area contributed by atoms with Gasteiger partial charge in [-0.2, -0.15) is 0 Å². The van der Waals surface area contributed by atoms with Gasteiger partial charge in [-0.25, -0.2) is 38.1 Å². The number of carbonyl (C=O) groups is 3. The topological polar surface area (TPSA) is 226 Å². The lowest BCUT2D eigenvalue weighted by atomic mass is 9.91. The van der Waals surface area contributed by atoms with E-state index in [0.717, 1.165) is 199 Å². The van der Waals surface area contributed by atoms with E-state index in [0.29, 0.717) is 80.3 Å². The molecular weight excluding hydrogens is 1730 g/mol. The fourth-order valence-corrected chi connectivity index (χ4v) is 21.1. The molecule has 8 heterocycles. The zero-order chi connectivity index (χ0) is 94.4. The molecule has 11 aromatic carbocycles. The van der Waals surface area contributed by atoms with Crippen LogP contribution in [0.4, 0.5) is 0 Å². The van der Waals surface area contributed by atoms with E-state index >= 15 is 0 Å². The van der Waals surface area contributed by atoms with Crippen molar-refractivity contribution in [2.24, 2.45) is 0 Å². The first-order valence-electron chi connectivity index (χ1n) is 47.0. The Kier molecular flexibility index (Phi) is 29.8. The van der Waals surface area contributed by atoms with Crippen LogP contribution in [-0.4, -0.2) is 127 Å². The number of thiophene rings is 1. The van der Waals surface area contributed by atoms with E-state index in [1.165, 1.54) is 39.2 Å². The van der Waals surface area contributed by atoms with Gasteiger partial charge < -0.3 is 33.8 Å². The molecule has 0 aliphatic carbocycles. The molecule has 3 amide bonds. The van der Waals surface area contributed by atoms with Crippen LogP contribution in [0.3, 0.4) is 0 Å². The van der Waals surface area contributed by atoms with Crippen molar-refractivity contribution < 1.29 is 32.3 Å². The van der Waals surface area contributed by atoms with Crippen molar-refractivity contribution in [2.45, 2.75) is 138 Å². The van der Waals surface area contributed by atoms with E-state index in [-0.39, 0.29) is 16.0 Å². The number of pyridine rings is 2. The lowest BCUT2D eigenvalue weighted by Gasteiger charge is -2.27. The number of fused-ring (bicyclic) bond motifs is 3. The maximum absolute atomic E-state index is 14.3. The number of sulfonamides is 1. The first-order chi connectivity index (χ1) is 66.2. The third-order valence-corrected chi connectivity index (χ3v) is 28.3. The first kappa shape index (κ1) is 93.8. The molecule has 3 N–H and O–H groups in total. The van der Waals surface area contributed by atoms with Crippen LogP contribution < -0.4 is 15.4 Å². The molecule has 17 aromatic rings. The second-order valence-electron chi connectivity index (χ2n) is 35.2. The standard InChI is InChI=1S/C41H42N4O4S2.C37H34N4O.C36H39N5O2/c1-4-37-42-39-29(3)23-28(2)24-36(39)45(37)26-30-15-17-31(18-16-30)35-25-34(27-44-19-21-49-22-20-44)50-41(35)51(47,48)43-40(46)38(32-11-7-5-8-12-32)33-13-9-6-10-14-33;1-4-34-40-35-25(2)21-26(3)39-36(35)41(34)24-27-15-17-29(18-16-27)33-22-31(28-11-7-5-8-12-28)19-20-32(33)23-38-37(42)30-13-9-6-10-14-30;1-4-33-39-34-25(2)20-26(3)38-35(34)41(33)24-27-10-13-29(14-11-27)32-21-28(23-40-16-18-43-19-17-40)12-15-31(32)22-37-36(42)30-8-6-5-7-9-30/h5-18,23-25,38H,4,19-22,26-27H2,1-3H3,(H,43,46);5-22H,4,23-24H2,1-3H3,(H,38,42);5-15,20-21H,4,16-19,22-24H2,1-3H3,(H,37,42). The molecule has 2 saturated heterocycles. The van der Waals surface area contributed by atoms with E-state index in [1.54, 1.807) is 0 Å². The number of morpholine rings is 2. The number of nitrogens with zero attached hydrogens (tertiary/aromatic N) is 10. The monoisotopic (exact) mass is 1840 g/mol. The second-order valence-corrected chi connectivity index (χ2v) is 38.2. The van der Waals surface area contributed by atoms with Gasteiger partial charge in [0.15, 0.2) is 11.3 Å². The number of carbonyl (C=O) groups excluding carboxylic acids is 3. The van der Waals surface area contributed by atoms with Gasteiger partial charge in [0.1, 0.15) is 32.7 Å². The highest BCUT2D eigenvalue weighted by atomic mass is 32.2. The third kappa shape index (κ3) is 22.2. The molecule has 2 aliphatic rings. The quantitative estimate of drug-likeness (QED) is 0.0415. The molecule has 22 heteroatoms. The van der Waals surface area contributed by atoms with Gasteiger partial charge in [0.05, 0.1) is 56.5 Å². The van der Waals surface area contributed by atoms with E-state index in [2.05, 4.69) is 233 Å². The molecule has 0 bridgehead atoms. The number of rotatable bonds is 28. The van der Waals surface area contributed by atoms with Crippen LogP contribution in [0.25, 0.3) is 77.9 Å². The average molecular weight is 1840 g/mol. The Hall–Kier alpha value is -14.0. The Morgan fingerprint density at radius 3 is 1.26 bits per heavy atom. The second kappa shape index (κ2) is 43.1. The summed E-state index contributed by atoms with van der Waals surface area (Å²) < 4.78 is 49.0. The molecule has 2 fully saturated rings. The Morgan fingerprint density at radius 1 is 0.382 bits per heavy atom. The number of amides is 3. The number of ether oxygens (including phenoxy) is 2. The number of imidazole rings is 3. The summed E-state index contributed by atoms with van der Waals surface area (Å²) in [6, 6.07) is 96.8.